The summed E-state index contributed by atoms with van der Waals surface area (Å²) in [5.41, 5.74) is 27.4. The van der Waals surface area contributed by atoms with E-state index >= 15 is 0 Å². The van der Waals surface area contributed by atoms with Crippen molar-refractivity contribution >= 4 is 12.2 Å². The first kappa shape index (κ1) is 38.1. The van der Waals surface area contributed by atoms with Crippen LogP contribution in [0, 0.1) is 41.5 Å². The molecule has 49 heavy (non-hydrogen) atoms. The van der Waals surface area contributed by atoms with Crippen molar-refractivity contribution in [2.45, 2.75) is 110 Å². The van der Waals surface area contributed by atoms with Crippen LogP contribution in [0.3, 0.4) is 0 Å². The molecule has 4 aromatic rings. The predicted octanol–water partition coefficient (Wildman–Crippen LogP) is 7.75. The van der Waals surface area contributed by atoms with Gasteiger partial charge in [-0.15, -0.1) is 0 Å². The van der Waals surface area contributed by atoms with Gasteiger partial charge in [-0.3, -0.25) is 0 Å². The van der Waals surface area contributed by atoms with Crippen LogP contribution in [0.25, 0.3) is 34.4 Å². The molecule has 3 aliphatic rings. The van der Waals surface area contributed by atoms with Crippen molar-refractivity contribution in [1.82, 2.24) is 0 Å². The SMILES string of the molecule is CC1=Cc2c(-c3ccc(C(C)C)cc3)c(C)c(C)c(C)c2[CH]1[Zr+2]1([CH]2C(C)=Cc3c(-c4ccc(C(C)C)cc4)c(C)c(C)c(C)c32)[CH2][CH2]1.[Cl-].[Cl-]. The van der Waals surface area contributed by atoms with Crippen molar-refractivity contribution in [3.8, 4) is 22.3 Å². The maximum atomic E-state index is 2.63. The molecule has 0 saturated carbocycles. The van der Waals surface area contributed by atoms with Gasteiger partial charge in [0, 0.05) is 0 Å². The van der Waals surface area contributed by atoms with Gasteiger partial charge in [0.15, 0.2) is 0 Å². The van der Waals surface area contributed by atoms with Crippen molar-refractivity contribution < 1.29 is 45.1 Å². The van der Waals surface area contributed by atoms with Crippen molar-refractivity contribution in [2.75, 3.05) is 0 Å². The molecule has 0 aromatic heterocycles. The van der Waals surface area contributed by atoms with Gasteiger partial charge < -0.3 is 24.8 Å². The Morgan fingerprint density at radius 3 is 1.08 bits per heavy atom. The van der Waals surface area contributed by atoms with Crippen LogP contribution < -0.4 is 24.8 Å². The van der Waals surface area contributed by atoms with Crippen LogP contribution in [-0.4, -0.2) is 0 Å². The van der Waals surface area contributed by atoms with Gasteiger partial charge in [0.25, 0.3) is 0 Å². The molecule has 0 radical (unpaired) electrons. The molecular formula is C46H54Cl2Zr. The first-order valence-corrected chi connectivity index (χ1v) is 24.4. The average Bonchev–Trinajstić information content (AvgIpc) is 3.64. The van der Waals surface area contributed by atoms with Crippen LogP contribution >= 0.6 is 0 Å². The quantitative estimate of drug-likeness (QED) is 0.188. The Bertz CT molecular complexity index is 1860. The minimum Gasteiger partial charge on any atom is -1.00 e. The zero-order valence-electron chi connectivity index (χ0n) is 31.8. The fraction of sp³-hybridized carbons (Fsp3) is 0.391. The number of fused-ring (bicyclic) bond motifs is 2. The second kappa shape index (κ2) is 13.8. The smallest absolute Gasteiger partial charge is 1.00 e. The molecule has 0 spiro atoms. The molecule has 1 aliphatic heterocycles. The summed E-state index contributed by atoms with van der Waals surface area (Å²) in [4.78, 5) is 0. The van der Waals surface area contributed by atoms with E-state index in [1.54, 1.807) is 33.4 Å². The summed E-state index contributed by atoms with van der Waals surface area (Å²) < 4.78 is 4.30. The van der Waals surface area contributed by atoms with Crippen LogP contribution in [-0.2, 0) is 20.3 Å². The third-order valence-corrected chi connectivity index (χ3v) is 26.2. The largest absolute Gasteiger partial charge is 1.00 e. The van der Waals surface area contributed by atoms with E-state index in [1.807, 2.05) is 0 Å². The zero-order chi connectivity index (χ0) is 33.7. The van der Waals surface area contributed by atoms with Crippen molar-refractivity contribution in [3.63, 3.8) is 0 Å². The van der Waals surface area contributed by atoms with Crippen LogP contribution in [0.2, 0.25) is 8.26 Å². The summed E-state index contributed by atoms with van der Waals surface area (Å²) in [6.45, 7) is 28.5. The van der Waals surface area contributed by atoms with Crippen molar-refractivity contribution in [3.05, 3.63) is 126 Å². The minimum atomic E-state index is -2.82. The van der Waals surface area contributed by atoms with Gasteiger partial charge >= 0.3 is 292 Å². The second-order valence-corrected chi connectivity index (χ2v) is 27.4. The summed E-state index contributed by atoms with van der Waals surface area (Å²) in [6.07, 6.45) is 5.26. The topological polar surface area (TPSA) is 0 Å². The molecule has 1 saturated heterocycles. The predicted molar refractivity (Wildman–Crippen MR) is 203 cm³/mol. The Morgan fingerprint density at radius 1 is 0.469 bits per heavy atom. The van der Waals surface area contributed by atoms with Crippen LogP contribution in [0.15, 0.2) is 59.7 Å². The standard InChI is InChI=1S/2C22H25.C2H4.2ClH.Zr/c2*1-13(2)18-7-9-19(10-8-18)22-17(6)15(4)16(5)20-11-14(3)12-21(20)22;1-2;;;/h2*7-13H,1-6H3;1-2H2;2*1H;/q;;;;;+2/p-2. The van der Waals surface area contributed by atoms with E-state index < -0.39 is 20.3 Å². The third kappa shape index (κ3) is 5.83. The van der Waals surface area contributed by atoms with Gasteiger partial charge in [-0.1, -0.05) is 0 Å². The second-order valence-electron chi connectivity index (χ2n) is 16.1. The van der Waals surface area contributed by atoms with Gasteiger partial charge in [-0.2, -0.15) is 0 Å². The molecule has 3 heteroatoms. The molecule has 0 nitrogen and oxygen atoms in total. The number of hydrogen-bond donors (Lipinski definition) is 0. The summed E-state index contributed by atoms with van der Waals surface area (Å²) >= 11 is -2.82. The molecule has 2 aliphatic carbocycles. The number of allylic oxidation sites excluding steroid dienone is 2. The molecule has 0 bridgehead atoms. The molecule has 2 unspecified atom stereocenters. The maximum absolute atomic E-state index is 2.82. The van der Waals surface area contributed by atoms with Gasteiger partial charge in [0.1, 0.15) is 0 Å². The minimum absolute atomic E-state index is 0. The van der Waals surface area contributed by atoms with E-state index in [9.17, 15) is 0 Å². The van der Waals surface area contributed by atoms with E-state index in [1.165, 1.54) is 75.0 Å². The molecule has 0 N–H and O–H groups in total. The van der Waals surface area contributed by atoms with E-state index in [0.717, 1.165) is 0 Å². The van der Waals surface area contributed by atoms with Crippen molar-refractivity contribution in [2.24, 2.45) is 0 Å². The van der Waals surface area contributed by atoms with E-state index in [0.29, 0.717) is 19.1 Å². The van der Waals surface area contributed by atoms with Gasteiger partial charge in [0.05, 0.1) is 0 Å². The molecule has 7 rings (SSSR count). The molecular weight excluding hydrogens is 715 g/mol. The van der Waals surface area contributed by atoms with Gasteiger partial charge in [0.2, 0.25) is 0 Å². The van der Waals surface area contributed by atoms with Gasteiger partial charge in [-0.25, -0.2) is 0 Å². The summed E-state index contributed by atoms with van der Waals surface area (Å²) in [5.74, 6) is 1.10. The molecule has 2 atom stereocenters. The van der Waals surface area contributed by atoms with Gasteiger partial charge in [-0.05, 0) is 0 Å². The average molecular weight is 769 g/mol. The van der Waals surface area contributed by atoms with E-state index in [4.69, 9.17) is 0 Å². The molecule has 4 aromatic carbocycles. The normalized spacial score (nSPS) is 17.8. The maximum Gasteiger partial charge on any atom is -1.00 e. The van der Waals surface area contributed by atoms with Crippen LogP contribution in [0.5, 0.6) is 0 Å². The number of rotatable bonds is 6. The first-order valence-electron chi connectivity index (χ1n) is 18.1. The fourth-order valence-corrected chi connectivity index (χ4v) is 27.8. The van der Waals surface area contributed by atoms with Crippen LogP contribution in [0.4, 0.5) is 0 Å². The first-order chi connectivity index (χ1) is 22.3. The number of hydrogen-bond acceptors (Lipinski definition) is 0. The van der Waals surface area contributed by atoms with E-state index in [-0.39, 0.29) is 24.8 Å². The number of halogens is 2. The summed E-state index contributed by atoms with van der Waals surface area (Å²) in [7, 11) is 0. The third-order valence-electron chi connectivity index (χ3n) is 12.9. The number of benzene rings is 4. The summed E-state index contributed by atoms with van der Waals surface area (Å²) in [6, 6.07) is 19.0. The van der Waals surface area contributed by atoms with E-state index in [2.05, 4.69) is 144 Å². The Labute approximate surface area is 314 Å². The monoisotopic (exact) mass is 766 g/mol. The molecule has 1 heterocycles. The molecule has 256 valence electrons. The molecule has 0 amide bonds. The van der Waals surface area contributed by atoms with Crippen molar-refractivity contribution in [1.29, 1.82) is 0 Å². The fourth-order valence-electron chi connectivity index (χ4n) is 9.72. The van der Waals surface area contributed by atoms with Crippen LogP contribution in [0.1, 0.15) is 127 Å². The Hall–Kier alpha value is -2.18. The summed E-state index contributed by atoms with van der Waals surface area (Å²) in [5, 5.41) is 0. The molecule has 1 fully saturated rings. The Kier molecular flexibility index (Phi) is 10.7. The Balaban J connectivity index is 0.00000234. The Morgan fingerprint density at radius 2 is 0.796 bits per heavy atom. The zero-order valence-corrected chi connectivity index (χ0v) is 35.7.